The van der Waals surface area contributed by atoms with Gasteiger partial charge in [0.15, 0.2) is 0 Å². The topological polar surface area (TPSA) is 58.6 Å². The number of ether oxygens (including phenoxy) is 1. The van der Waals surface area contributed by atoms with Crippen LogP contribution in [0.25, 0.3) is 0 Å². The first kappa shape index (κ1) is 9.51. The molecule has 5 nitrogen and oxygen atoms in total. The quantitative estimate of drug-likeness (QED) is 0.760. The smallest absolute Gasteiger partial charge is 0.418 e. The Morgan fingerprint density at radius 3 is 2.67 bits per heavy atom. The fourth-order valence-corrected chi connectivity index (χ4v) is 1.29. The molecule has 3 amide bonds. The number of nitrogens with one attached hydrogen (secondary N) is 1. The molecule has 1 aliphatic heterocycles. The molecule has 15 heavy (non-hydrogen) atoms. The monoisotopic (exact) mass is 206 g/mol. The van der Waals surface area contributed by atoms with Gasteiger partial charge in [0.1, 0.15) is 6.61 Å². The van der Waals surface area contributed by atoms with Gasteiger partial charge >= 0.3 is 12.1 Å². The van der Waals surface area contributed by atoms with Crippen LogP contribution in [-0.2, 0) is 4.74 Å². The van der Waals surface area contributed by atoms with E-state index in [1.54, 1.807) is 24.3 Å². The zero-order valence-corrected chi connectivity index (χ0v) is 7.97. The van der Waals surface area contributed by atoms with Crippen molar-refractivity contribution in [1.29, 1.82) is 0 Å². The second-order valence-corrected chi connectivity index (χ2v) is 3.06. The summed E-state index contributed by atoms with van der Waals surface area (Å²) in [6, 6.07) is 8.50. The number of cyclic esters (lactones) is 1. The molecule has 2 rings (SSSR count). The van der Waals surface area contributed by atoms with E-state index in [-0.39, 0.29) is 6.61 Å². The average Bonchev–Trinajstić information content (AvgIpc) is 2.66. The van der Waals surface area contributed by atoms with Crippen LogP contribution in [0.2, 0.25) is 0 Å². The van der Waals surface area contributed by atoms with Crippen molar-refractivity contribution in [2.45, 2.75) is 0 Å². The Kier molecular flexibility index (Phi) is 2.53. The Morgan fingerprint density at radius 1 is 1.33 bits per heavy atom. The van der Waals surface area contributed by atoms with E-state index in [0.29, 0.717) is 12.2 Å². The molecule has 1 aromatic carbocycles. The highest BCUT2D eigenvalue weighted by Gasteiger charge is 2.28. The lowest BCUT2D eigenvalue weighted by Crippen LogP contribution is -2.35. The van der Waals surface area contributed by atoms with Crippen molar-refractivity contribution in [1.82, 2.24) is 4.90 Å². The number of nitrogens with zero attached hydrogens (tertiary/aromatic N) is 1. The molecule has 0 radical (unpaired) electrons. The number of rotatable bonds is 1. The largest absolute Gasteiger partial charge is 0.447 e. The lowest BCUT2D eigenvalue weighted by molar-refractivity contribution is 0.161. The second-order valence-electron chi connectivity index (χ2n) is 3.06. The van der Waals surface area contributed by atoms with Crippen LogP contribution >= 0.6 is 0 Å². The molecule has 0 aliphatic carbocycles. The maximum Gasteiger partial charge on any atom is 0.418 e. The van der Waals surface area contributed by atoms with E-state index < -0.39 is 12.1 Å². The predicted octanol–water partition coefficient (Wildman–Crippen LogP) is 1.67. The first-order valence-corrected chi connectivity index (χ1v) is 4.58. The van der Waals surface area contributed by atoms with Gasteiger partial charge in [-0.15, -0.1) is 0 Å². The van der Waals surface area contributed by atoms with Crippen LogP contribution in [0.5, 0.6) is 0 Å². The highest BCUT2D eigenvalue weighted by atomic mass is 16.6. The summed E-state index contributed by atoms with van der Waals surface area (Å²) >= 11 is 0. The molecule has 1 aliphatic rings. The molecule has 0 bridgehead atoms. The fourth-order valence-electron chi connectivity index (χ4n) is 1.29. The summed E-state index contributed by atoms with van der Waals surface area (Å²) in [5, 5.41) is 2.60. The minimum atomic E-state index is -0.594. The molecule has 0 aromatic heterocycles. The Hall–Kier alpha value is -2.04. The highest BCUT2D eigenvalue weighted by Crippen LogP contribution is 2.09. The van der Waals surface area contributed by atoms with Gasteiger partial charge in [0, 0.05) is 5.69 Å². The summed E-state index contributed by atoms with van der Waals surface area (Å²) in [4.78, 5) is 23.6. The summed E-state index contributed by atoms with van der Waals surface area (Å²) in [7, 11) is 0. The van der Waals surface area contributed by atoms with Crippen molar-refractivity contribution in [2.75, 3.05) is 18.5 Å². The van der Waals surface area contributed by atoms with Crippen LogP contribution in [0, 0.1) is 0 Å². The van der Waals surface area contributed by atoms with E-state index in [0.717, 1.165) is 4.90 Å². The van der Waals surface area contributed by atoms with Gasteiger partial charge in [-0.25, -0.2) is 14.5 Å². The van der Waals surface area contributed by atoms with E-state index in [2.05, 4.69) is 10.1 Å². The molecule has 1 saturated heterocycles. The third kappa shape index (κ3) is 2.07. The third-order valence-electron chi connectivity index (χ3n) is 2.03. The summed E-state index contributed by atoms with van der Waals surface area (Å²) in [5.41, 5.74) is 0.655. The van der Waals surface area contributed by atoms with Gasteiger partial charge in [-0.3, -0.25) is 0 Å². The number of benzene rings is 1. The van der Waals surface area contributed by atoms with E-state index in [9.17, 15) is 9.59 Å². The third-order valence-corrected chi connectivity index (χ3v) is 2.03. The molecule has 1 N–H and O–H groups in total. The van der Waals surface area contributed by atoms with Crippen molar-refractivity contribution in [2.24, 2.45) is 0 Å². The van der Waals surface area contributed by atoms with E-state index >= 15 is 0 Å². The van der Waals surface area contributed by atoms with Crippen molar-refractivity contribution >= 4 is 17.8 Å². The Balaban J connectivity index is 2.01. The van der Waals surface area contributed by atoms with Gasteiger partial charge in [-0.1, -0.05) is 18.2 Å². The lowest BCUT2D eigenvalue weighted by atomic mass is 10.3. The lowest BCUT2D eigenvalue weighted by Gasteiger charge is -2.11. The van der Waals surface area contributed by atoms with Gasteiger partial charge in [0.2, 0.25) is 0 Å². The van der Waals surface area contributed by atoms with Gasteiger partial charge in [0.05, 0.1) is 6.54 Å². The number of urea groups is 1. The minimum absolute atomic E-state index is 0.265. The van der Waals surface area contributed by atoms with Gasteiger partial charge in [-0.05, 0) is 12.1 Å². The zero-order chi connectivity index (χ0) is 10.7. The normalized spacial score (nSPS) is 14.9. The van der Waals surface area contributed by atoms with Crippen LogP contribution in [0.3, 0.4) is 0 Å². The van der Waals surface area contributed by atoms with Crippen LogP contribution in [-0.4, -0.2) is 30.2 Å². The maximum atomic E-state index is 11.5. The Labute approximate surface area is 86.6 Å². The zero-order valence-electron chi connectivity index (χ0n) is 7.97. The van der Waals surface area contributed by atoms with Gasteiger partial charge in [0.25, 0.3) is 0 Å². The molecular formula is C10H10N2O3. The van der Waals surface area contributed by atoms with Crippen molar-refractivity contribution in [3.63, 3.8) is 0 Å². The number of anilines is 1. The average molecular weight is 206 g/mol. The predicted molar refractivity (Wildman–Crippen MR) is 53.5 cm³/mol. The Bertz CT molecular complexity index is 378. The number of hydrogen-bond donors (Lipinski definition) is 1. The SMILES string of the molecule is O=C(Nc1ccccc1)N1CCOC1=O. The molecule has 0 spiro atoms. The Morgan fingerprint density at radius 2 is 2.07 bits per heavy atom. The number of carbonyl (C=O) groups is 2. The second kappa shape index (κ2) is 4.00. The van der Waals surface area contributed by atoms with Crippen LogP contribution in [0.1, 0.15) is 0 Å². The minimum Gasteiger partial charge on any atom is -0.447 e. The van der Waals surface area contributed by atoms with Gasteiger partial charge in [-0.2, -0.15) is 0 Å². The maximum absolute atomic E-state index is 11.5. The van der Waals surface area contributed by atoms with Crippen molar-refractivity contribution < 1.29 is 14.3 Å². The first-order chi connectivity index (χ1) is 7.27. The number of imide groups is 1. The van der Waals surface area contributed by atoms with Crippen LogP contribution < -0.4 is 5.32 Å². The number of carbonyl (C=O) groups excluding carboxylic acids is 2. The van der Waals surface area contributed by atoms with E-state index in [4.69, 9.17) is 0 Å². The number of amides is 3. The van der Waals surface area contributed by atoms with Gasteiger partial charge < -0.3 is 10.1 Å². The molecule has 78 valence electrons. The van der Waals surface area contributed by atoms with E-state index in [1.165, 1.54) is 0 Å². The standard InChI is InChI=1S/C10H10N2O3/c13-9(12-6-7-15-10(12)14)11-8-4-2-1-3-5-8/h1-5H,6-7H2,(H,11,13). The highest BCUT2D eigenvalue weighted by molar-refractivity contribution is 5.99. The molecule has 0 atom stereocenters. The van der Waals surface area contributed by atoms with Crippen LogP contribution in [0.15, 0.2) is 30.3 Å². The molecule has 0 saturated carbocycles. The summed E-state index contributed by atoms with van der Waals surface area (Å²) in [6.07, 6.45) is -0.594. The molecule has 5 heteroatoms. The first-order valence-electron chi connectivity index (χ1n) is 4.58. The summed E-state index contributed by atoms with van der Waals surface area (Å²) in [5.74, 6) is 0. The molecular weight excluding hydrogens is 196 g/mol. The van der Waals surface area contributed by atoms with Crippen LogP contribution in [0.4, 0.5) is 15.3 Å². The summed E-state index contributed by atoms with van der Waals surface area (Å²) < 4.78 is 4.65. The summed E-state index contributed by atoms with van der Waals surface area (Å²) in [6.45, 7) is 0.568. The molecule has 1 aromatic rings. The number of hydrogen-bond acceptors (Lipinski definition) is 3. The molecule has 1 fully saturated rings. The van der Waals surface area contributed by atoms with E-state index in [1.807, 2.05) is 6.07 Å². The van der Waals surface area contributed by atoms with Crippen molar-refractivity contribution in [3.05, 3.63) is 30.3 Å². The van der Waals surface area contributed by atoms with Crippen molar-refractivity contribution in [3.8, 4) is 0 Å². The fraction of sp³-hybridized carbons (Fsp3) is 0.200. The molecule has 1 heterocycles. The number of para-hydroxylation sites is 1. The molecule has 0 unspecified atom stereocenters.